The molecule has 24 heavy (non-hydrogen) atoms. The predicted octanol–water partition coefficient (Wildman–Crippen LogP) is 2.30. The van der Waals surface area contributed by atoms with Crippen LogP contribution in [0.3, 0.4) is 0 Å². The predicted molar refractivity (Wildman–Crippen MR) is 92.7 cm³/mol. The Hall–Kier alpha value is -1.60. The maximum atomic E-state index is 12.4. The quantitative estimate of drug-likeness (QED) is 0.667. The summed E-state index contributed by atoms with van der Waals surface area (Å²) < 4.78 is 32.7. The van der Waals surface area contributed by atoms with Crippen molar-refractivity contribution in [3.8, 4) is 5.75 Å². The van der Waals surface area contributed by atoms with Crippen molar-refractivity contribution in [3.05, 3.63) is 23.8 Å². The number of amides is 1. The maximum absolute atomic E-state index is 12.4. The highest BCUT2D eigenvalue weighted by atomic mass is 32.2. The Morgan fingerprint density at radius 3 is 2.62 bits per heavy atom. The molecule has 1 amide bonds. The van der Waals surface area contributed by atoms with E-state index in [2.05, 4.69) is 23.9 Å². The first-order valence-corrected chi connectivity index (χ1v) is 9.80. The molecule has 1 fully saturated rings. The molecule has 0 aliphatic heterocycles. The topological polar surface area (TPSA) is 84.5 Å². The Kier molecular flexibility index (Phi) is 6.23. The summed E-state index contributed by atoms with van der Waals surface area (Å²) in [4.78, 5) is 12.2. The van der Waals surface area contributed by atoms with Gasteiger partial charge in [0.05, 0.1) is 7.11 Å². The van der Waals surface area contributed by atoms with E-state index in [0.717, 1.165) is 25.7 Å². The zero-order valence-corrected chi connectivity index (χ0v) is 15.3. The lowest BCUT2D eigenvalue weighted by Crippen LogP contribution is -2.28. The van der Waals surface area contributed by atoms with Gasteiger partial charge in [0.2, 0.25) is 10.0 Å². The number of rotatable bonds is 9. The molecule has 0 saturated heterocycles. The van der Waals surface area contributed by atoms with Gasteiger partial charge in [0, 0.05) is 18.2 Å². The second kappa shape index (κ2) is 7.98. The van der Waals surface area contributed by atoms with Crippen LogP contribution in [0.15, 0.2) is 23.1 Å². The van der Waals surface area contributed by atoms with Gasteiger partial charge in [0.25, 0.3) is 5.91 Å². The van der Waals surface area contributed by atoms with Gasteiger partial charge in [-0.3, -0.25) is 4.79 Å². The number of hydrogen-bond acceptors (Lipinski definition) is 4. The van der Waals surface area contributed by atoms with Crippen LogP contribution in [0.4, 0.5) is 0 Å². The molecule has 2 rings (SSSR count). The Balaban J connectivity index is 2.11. The Labute approximate surface area is 144 Å². The van der Waals surface area contributed by atoms with Gasteiger partial charge in [-0.1, -0.05) is 13.8 Å². The minimum absolute atomic E-state index is 0.00623. The number of hydrogen-bond donors (Lipinski definition) is 2. The van der Waals surface area contributed by atoms with Crippen LogP contribution in [-0.4, -0.2) is 34.0 Å². The molecule has 1 aromatic carbocycles. The largest absolute Gasteiger partial charge is 0.495 e. The zero-order valence-electron chi connectivity index (χ0n) is 14.5. The fourth-order valence-corrected chi connectivity index (χ4v) is 3.83. The SMILES string of the molecule is COc1ccc(C(=O)NCCCC(C)C)cc1S(=O)(=O)NC1CC1. The molecule has 0 heterocycles. The highest BCUT2D eigenvalue weighted by molar-refractivity contribution is 7.89. The van der Waals surface area contributed by atoms with E-state index in [4.69, 9.17) is 4.74 Å². The number of carbonyl (C=O) groups excluding carboxylic acids is 1. The minimum Gasteiger partial charge on any atom is -0.495 e. The average Bonchev–Trinajstić information content (AvgIpc) is 3.33. The third-order valence-corrected chi connectivity index (χ3v) is 5.40. The van der Waals surface area contributed by atoms with Crippen molar-refractivity contribution in [1.82, 2.24) is 10.0 Å². The van der Waals surface area contributed by atoms with E-state index >= 15 is 0 Å². The number of ether oxygens (including phenoxy) is 1. The number of methoxy groups -OCH3 is 1. The summed E-state index contributed by atoms with van der Waals surface area (Å²) in [6, 6.07) is 4.46. The average molecular weight is 354 g/mol. The highest BCUT2D eigenvalue weighted by Gasteiger charge is 2.30. The summed E-state index contributed by atoms with van der Waals surface area (Å²) in [5.74, 6) is 0.553. The van der Waals surface area contributed by atoms with Gasteiger partial charge in [-0.05, 0) is 49.8 Å². The van der Waals surface area contributed by atoms with Crippen LogP contribution < -0.4 is 14.8 Å². The van der Waals surface area contributed by atoms with E-state index in [1.807, 2.05) is 0 Å². The van der Waals surface area contributed by atoms with Crippen molar-refractivity contribution in [2.24, 2.45) is 5.92 Å². The Morgan fingerprint density at radius 1 is 1.33 bits per heavy atom. The lowest BCUT2D eigenvalue weighted by atomic mass is 10.1. The molecule has 0 unspecified atom stereocenters. The van der Waals surface area contributed by atoms with Crippen LogP contribution in [0, 0.1) is 5.92 Å². The molecule has 0 bridgehead atoms. The first kappa shape index (κ1) is 18.7. The minimum atomic E-state index is -3.69. The van der Waals surface area contributed by atoms with Crippen LogP contribution in [0.2, 0.25) is 0 Å². The van der Waals surface area contributed by atoms with Gasteiger partial charge < -0.3 is 10.1 Å². The number of sulfonamides is 1. The van der Waals surface area contributed by atoms with Crippen molar-refractivity contribution in [1.29, 1.82) is 0 Å². The molecule has 1 aromatic rings. The Bertz CT molecular complexity index is 682. The standard InChI is InChI=1S/C17H26N2O4S/c1-12(2)5-4-10-18-17(20)13-6-9-15(23-3)16(11-13)24(21,22)19-14-7-8-14/h6,9,11-12,14,19H,4-5,7-8,10H2,1-3H3,(H,18,20). The van der Waals surface area contributed by atoms with E-state index in [9.17, 15) is 13.2 Å². The lowest BCUT2D eigenvalue weighted by molar-refractivity contribution is 0.0952. The highest BCUT2D eigenvalue weighted by Crippen LogP contribution is 2.28. The van der Waals surface area contributed by atoms with Crippen LogP contribution >= 0.6 is 0 Å². The molecule has 6 nitrogen and oxygen atoms in total. The van der Waals surface area contributed by atoms with Crippen LogP contribution in [0.1, 0.15) is 49.9 Å². The second-order valence-electron chi connectivity index (χ2n) is 6.55. The maximum Gasteiger partial charge on any atom is 0.251 e. The fourth-order valence-electron chi connectivity index (χ4n) is 2.33. The van der Waals surface area contributed by atoms with Gasteiger partial charge in [0.1, 0.15) is 10.6 Å². The summed E-state index contributed by atoms with van der Waals surface area (Å²) in [7, 11) is -2.27. The van der Waals surface area contributed by atoms with E-state index in [0.29, 0.717) is 18.0 Å². The molecule has 0 spiro atoms. The van der Waals surface area contributed by atoms with Gasteiger partial charge >= 0.3 is 0 Å². The number of benzene rings is 1. The molecular formula is C17H26N2O4S. The van der Waals surface area contributed by atoms with Crippen molar-refractivity contribution in [3.63, 3.8) is 0 Å². The van der Waals surface area contributed by atoms with E-state index in [-0.39, 0.29) is 22.6 Å². The number of nitrogens with one attached hydrogen (secondary N) is 2. The Morgan fingerprint density at radius 2 is 2.04 bits per heavy atom. The summed E-state index contributed by atoms with van der Waals surface area (Å²) in [5.41, 5.74) is 0.316. The van der Waals surface area contributed by atoms with Gasteiger partial charge in [-0.15, -0.1) is 0 Å². The lowest BCUT2D eigenvalue weighted by Gasteiger charge is -2.12. The third kappa shape index (κ3) is 5.21. The van der Waals surface area contributed by atoms with Crippen LogP contribution in [-0.2, 0) is 10.0 Å². The monoisotopic (exact) mass is 354 g/mol. The van der Waals surface area contributed by atoms with Gasteiger partial charge in [-0.2, -0.15) is 0 Å². The van der Waals surface area contributed by atoms with Crippen LogP contribution in [0.5, 0.6) is 5.75 Å². The zero-order chi connectivity index (χ0) is 17.7. The molecule has 0 atom stereocenters. The third-order valence-electron chi connectivity index (χ3n) is 3.86. The first-order chi connectivity index (χ1) is 11.3. The molecule has 1 saturated carbocycles. The van der Waals surface area contributed by atoms with Gasteiger partial charge in [-0.25, -0.2) is 13.1 Å². The first-order valence-electron chi connectivity index (χ1n) is 8.32. The van der Waals surface area contributed by atoms with Crippen molar-refractivity contribution < 1.29 is 17.9 Å². The van der Waals surface area contributed by atoms with E-state index in [1.165, 1.54) is 19.2 Å². The molecule has 1 aliphatic carbocycles. The molecule has 2 N–H and O–H groups in total. The summed E-state index contributed by atoms with van der Waals surface area (Å²) in [5, 5.41) is 2.83. The summed E-state index contributed by atoms with van der Waals surface area (Å²) >= 11 is 0. The molecule has 0 radical (unpaired) electrons. The summed E-state index contributed by atoms with van der Waals surface area (Å²) in [6.07, 6.45) is 3.62. The van der Waals surface area contributed by atoms with E-state index < -0.39 is 10.0 Å². The van der Waals surface area contributed by atoms with Gasteiger partial charge in [0.15, 0.2) is 0 Å². The van der Waals surface area contributed by atoms with Crippen molar-refractivity contribution >= 4 is 15.9 Å². The molecule has 1 aliphatic rings. The molecule has 134 valence electrons. The van der Waals surface area contributed by atoms with E-state index in [1.54, 1.807) is 6.07 Å². The van der Waals surface area contributed by atoms with Crippen molar-refractivity contribution in [2.75, 3.05) is 13.7 Å². The molecule has 7 heteroatoms. The molecular weight excluding hydrogens is 328 g/mol. The fraction of sp³-hybridized carbons (Fsp3) is 0.588. The summed E-state index contributed by atoms with van der Waals surface area (Å²) in [6.45, 7) is 4.84. The smallest absolute Gasteiger partial charge is 0.251 e. The second-order valence-corrected chi connectivity index (χ2v) is 8.24. The number of carbonyl (C=O) groups is 1. The van der Waals surface area contributed by atoms with Crippen molar-refractivity contribution in [2.45, 2.75) is 50.5 Å². The van der Waals surface area contributed by atoms with Crippen LogP contribution in [0.25, 0.3) is 0 Å². The molecule has 0 aromatic heterocycles. The normalized spacial score (nSPS) is 14.7.